The SMILES string of the molecule is O=CNC[C@H](O)c1cc(OCc2ccccc2)c(OCc2ccccc2)cc1F. The smallest absolute Gasteiger partial charge is 0.207 e. The fourth-order valence-corrected chi connectivity index (χ4v) is 2.77. The normalized spacial score (nSPS) is 11.5. The molecule has 0 saturated heterocycles. The number of halogens is 1. The van der Waals surface area contributed by atoms with Gasteiger partial charge in [0.1, 0.15) is 19.0 Å². The summed E-state index contributed by atoms with van der Waals surface area (Å²) in [6.45, 7) is 0.398. The molecule has 3 rings (SSSR count). The van der Waals surface area contributed by atoms with E-state index in [4.69, 9.17) is 9.47 Å². The van der Waals surface area contributed by atoms with Gasteiger partial charge in [-0.05, 0) is 17.2 Å². The van der Waals surface area contributed by atoms with Crippen molar-refractivity contribution < 1.29 is 23.8 Å². The molecule has 0 saturated carbocycles. The van der Waals surface area contributed by atoms with Gasteiger partial charge >= 0.3 is 0 Å². The van der Waals surface area contributed by atoms with Crippen molar-refractivity contribution in [3.63, 3.8) is 0 Å². The number of hydrogen-bond acceptors (Lipinski definition) is 4. The van der Waals surface area contributed by atoms with Crippen LogP contribution in [0.15, 0.2) is 72.8 Å². The third-order valence-electron chi connectivity index (χ3n) is 4.29. The van der Waals surface area contributed by atoms with Crippen LogP contribution < -0.4 is 14.8 Å². The Balaban J connectivity index is 1.83. The highest BCUT2D eigenvalue weighted by Gasteiger charge is 2.18. The quantitative estimate of drug-likeness (QED) is 0.513. The van der Waals surface area contributed by atoms with Crippen molar-refractivity contribution in [1.29, 1.82) is 0 Å². The molecule has 0 fully saturated rings. The van der Waals surface area contributed by atoms with Crippen LogP contribution in [-0.2, 0) is 18.0 Å². The third kappa shape index (κ3) is 5.80. The molecular weight excluding hydrogens is 373 g/mol. The van der Waals surface area contributed by atoms with E-state index in [1.54, 1.807) is 0 Å². The summed E-state index contributed by atoms with van der Waals surface area (Å²) in [6.07, 6.45) is -0.756. The average molecular weight is 395 g/mol. The van der Waals surface area contributed by atoms with Crippen molar-refractivity contribution in [2.75, 3.05) is 6.54 Å². The molecule has 0 heterocycles. The van der Waals surface area contributed by atoms with Crippen molar-refractivity contribution in [2.45, 2.75) is 19.3 Å². The highest BCUT2D eigenvalue weighted by molar-refractivity contribution is 5.47. The molecule has 0 unspecified atom stereocenters. The first-order valence-electron chi connectivity index (χ1n) is 9.19. The second-order valence-corrected chi connectivity index (χ2v) is 6.41. The summed E-state index contributed by atoms with van der Waals surface area (Å²) >= 11 is 0. The summed E-state index contributed by atoms with van der Waals surface area (Å²) in [5.41, 5.74) is 1.89. The summed E-state index contributed by atoms with van der Waals surface area (Å²) in [5, 5.41) is 12.5. The maximum Gasteiger partial charge on any atom is 0.207 e. The second kappa shape index (κ2) is 10.2. The number of aliphatic hydroxyl groups excluding tert-OH is 1. The van der Waals surface area contributed by atoms with Crippen LogP contribution in [0.3, 0.4) is 0 Å². The number of rotatable bonds is 10. The zero-order chi connectivity index (χ0) is 20.5. The van der Waals surface area contributed by atoms with Gasteiger partial charge in [-0.2, -0.15) is 0 Å². The Morgan fingerprint density at radius 2 is 1.41 bits per heavy atom. The number of amides is 1. The van der Waals surface area contributed by atoms with Crippen molar-refractivity contribution in [2.24, 2.45) is 0 Å². The van der Waals surface area contributed by atoms with Gasteiger partial charge in [-0.3, -0.25) is 4.79 Å². The van der Waals surface area contributed by atoms with E-state index in [0.29, 0.717) is 12.2 Å². The lowest BCUT2D eigenvalue weighted by atomic mass is 10.1. The predicted molar refractivity (Wildman–Crippen MR) is 107 cm³/mol. The summed E-state index contributed by atoms with van der Waals surface area (Å²) in [7, 11) is 0. The highest BCUT2D eigenvalue weighted by atomic mass is 19.1. The molecule has 2 N–H and O–H groups in total. The van der Waals surface area contributed by atoms with E-state index >= 15 is 0 Å². The lowest BCUT2D eigenvalue weighted by Gasteiger charge is -2.17. The number of benzene rings is 3. The van der Waals surface area contributed by atoms with Crippen molar-refractivity contribution in [3.05, 3.63) is 95.3 Å². The maximum atomic E-state index is 14.6. The Bertz CT molecular complexity index is 919. The molecule has 6 heteroatoms. The van der Waals surface area contributed by atoms with E-state index in [1.807, 2.05) is 60.7 Å². The summed E-state index contributed by atoms with van der Waals surface area (Å²) in [4.78, 5) is 10.5. The molecule has 0 radical (unpaired) electrons. The number of ether oxygens (including phenoxy) is 2. The van der Waals surface area contributed by atoms with E-state index in [2.05, 4.69) is 5.32 Å². The van der Waals surface area contributed by atoms with Crippen LogP contribution in [0, 0.1) is 5.82 Å². The number of aliphatic hydroxyl groups is 1. The van der Waals surface area contributed by atoms with Crippen LogP contribution in [-0.4, -0.2) is 18.1 Å². The van der Waals surface area contributed by atoms with Crippen LogP contribution in [0.25, 0.3) is 0 Å². The van der Waals surface area contributed by atoms with Crippen molar-refractivity contribution in [1.82, 2.24) is 5.32 Å². The first-order chi connectivity index (χ1) is 14.2. The minimum Gasteiger partial charge on any atom is -0.485 e. The minimum absolute atomic E-state index is 0.0227. The van der Waals surface area contributed by atoms with Crippen LogP contribution in [0.5, 0.6) is 11.5 Å². The first kappa shape index (κ1) is 20.4. The fraction of sp³-hybridized carbons (Fsp3) is 0.174. The van der Waals surface area contributed by atoms with Gasteiger partial charge < -0.3 is 19.9 Å². The molecule has 29 heavy (non-hydrogen) atoms. The van der Waals surface area contributed by atoms with Gasteiger partial charge in [0.2, 0.25) is 6.41 Å². The molecule has 3 aromatic carbocycles. The lowest BCUT2D eigenvalue weighted by molar-refractivity contribution is -0.110. The monoisotopic (exact) mass is 395 g/mol. The molecule has 5 nitrogen and oxygen atoms in total. The third-order valence-corrected chi connectivity index (χ3v) is 4.29. The van der Waals surface area contributed by atoms with Gasteiger partial charge in [-0.25, -0.2) is 4.39 Å². The van der Waals surface area contributed by atoms with E-state index in [1.165, 1.54) is 12.1 Å². The van der Waals surface area contributed by atoms with E-state index in [0.717, 1.165) is 11.1 Å². The van der Waals surface area contributed by atoms with Gasteiger partial charge in [0.15, 0.2) is 11.5 Å². The van der Waals surface area contributed by atoms with E-state index < -0.39 is 11.9 Å². The molecule has 0 aliphatic heterocycles. The Morgan fingerprint density at radius 1 is 0.897 bits per heavy atom. The Kier molecular flexibility index (Phi) is 7.19. The van der Waals surface area contributed by atoms with Gasteiger partial charge in [-0.15, -0.1) is 0 Å². The van der Waals surface area contributed by atoms with E-state index in [-0.39, 0.29) is 31.1 Å². The molecule has 1 amide bonds. The number of nitrogens with one attached hydrogen (secondary N) is 1. The van der Waals surface area contributed by atoms with Crippen molar-refractivity contribution >= 4 is 6.41 Å². The number of hydrogen-bond donors (Lipinski definition) is 2. The second-order valence-electron chi connectivity index (χ2n) is 6.41. The topological polar surface area (TPSA) is 67.8 Å². The number of carbonyl (C=O) groups excluding carboxylic acids is 1. The summed E-state index contributed by atoms with van der Waals surface area (Å²) in [6, 6.07) is 21.7. The van der Waals surface area contributed by atoms with Crippen LogP contribution >= 0.6 is 0 Å². The predicted octanol–water partition coefficient (Wildman–Crippen LogP) is 3.76. The maximum absolute atomic E-state index is 14.6. The zero-order valence-electron chi connectivity index (χ0n) is 15.8. The number of carbonyl (C=O) groups is 1. The van der Waals surface area contributed by atoms with Crippen LogP contribution in [0.4, 0.5) is 4.39 Å². The van der Waals surface area contributed by atoms with Crippen LogP contribution in [0.2, 0.25) is 0 Å². The van der Waals surface area contributed by atoms with Gasteiger partial charge in [0.25, 0.3) is 0 Å². The average Bonchev–Trinajstić information content (AvgIpc) is 2.76. The van der Waals surface area contributed by atoms with E-state index in [9.17, 15) is 14.3 Å². The fourth-order valence-electron chi connectivity index (χ4n) is 2.77. The Morgan fingerprint density at radius 3 is 1.93 bits per heavy atom. The summed E-state index contributed by atoms with van der Waals surface area (Å²) < 4.78 is 26.2. The van der Waals surface area contributed by atoms with Gasteiger partial charge in [0, 0.05) is 18.2 Å². The van der Waals surface area contributed by atoms with Gasteiger partial charge in [0.05, 0.1) is 6.10 Å². The van der Waals surface area contributed by atoms with Gasteiger partial charge in [-0.1, -0.05) is 60.7 Å². The Hall–Kier alpha value is -3.38. The molecule has 0 aliphatic carbocycles. The standard InChI is InChI=1S/C23H22FNO4/c24-20-12-23(29-15-18-9-5-2-6-10-18)22(11-19(20)21(27)13-25-16-26)28-14-17-7-3-1-4-8-17/h1-12,16,21,27H,13-15H2,(H,25,26)/t21-/m0/s1. The molecule has 1 atom stereocenters. The summed E-state index contributed by atoms with van der Waals surface area (Å²) in [5.74, 6) is -0.0896. The largest absolute Gasteiger partial charge is 0.485 e. The molecule has 0 aromatic heterocycles. The van der Waals surface area contributed by atoms with Crippen LogP contribution in [0.1, 0.15) is 22.8 Å². The van der Waals surface area contributed by atoms with Crippen molar-refractivity contribution in [3.8, 4) is 11.5 Å². The highest BCUT2D eigenvalue weighted by Crippen LogP contribution is 2.34. The molecule has 0 aliphatic rings. The minimum atomic E-state index is -1.21. The molecule has 0 spiro atoms. The molecule has 0 bridgehead atoms. The zero-order valence-corrected chi connectivity index (χ0v) is 15.8. The molecule has 3 aromatic rings. The first-order valence-corrected chi connectivity index (χ1v) is 9.19. The molecular formula is C23H22FNO4. The Labute approximate surface area is 168 Å². The molecule has 150 valence electrons. The lowest BCUT2D eigenvalue weighted by Crippen LogP contribution is -2.20.